The van der Waals surface area contributed by atoms with Crippen molar-refractivity contribution in [3.8, 4) is 0 Å². The van der Waals surface area contributed by atoms with Crippen LogP contribution in [0.3, 0.4) is 0 Å². The number of hydrogen-bond donors (Lipinski definition) is 2. The second kappa shape index (κ2) is 18.6. The van der Waals surface area contributed by atoms with Gasteiger partial charge in [-0.3, -0.25) is 9.59 Å². The first-order valence-electron chi connectivity index (χ1n) is 20.5. The normalized spacial score (nSPS) is 22.3. The SMILES string of the molecule is C=Cc1c2[n-]c(c1C)/C=C1\[N-]C(C3=c4[n-]c(c(C)c4=C(O)[C@@H]3C(=O)OC)/C=c3\[nH]/c(c(C)c3CC)=C\2)[C@@H](CCC(=O)OC/C=C(/C)CCC[C@H](C)CCC)[C@@H]1C.[Mg+2]. The average molecular weight is 784 g/mol. The van der Waals surface area contributed by atoms with Gasteiger partial charge in [-0.15, -0.1) is 22.4 Å². The van der Waals surface area contributed by atoms with Crippen molar-refractivity contribution in [2.24, 2.45) is 23.7 Å². The molecule has 1 aliphatic carbocycles. The number of hydrogen-bond acceptors (Lipinski definition) is 5. The molecule has 3 aliphatic rings. The third-order valence-corrected chi connectivity index (χ3v) is 12.5. The Bertz CT molecular complexity index is 2340. The maximum absolute atomic E-state index is 13.6. The zero-order chi connectivity index (χ0) is 40.4. The van der Waals surface area contributed by atoms with Crippen LogP contribution in [0.4, 0.5) is 0 Å². The Morgan fingerprint density at radius 1 is 1.00 bits per heavy atom. The number of ether oxygens (including phenoxy) is 2. The van der Waals surface area contributed by atoms with Crippen LogP contribution in [0.15, 0.2) is 23.9 Å². The van der Waals surface area contributed by atoms with Gasteiger partial charge in [-0.05, 0) is 93.9 Å². The van der Waals surface area contributed by atoms with Crippen molar-refractivity contribution in [2.45, 2.75) is 113 Å². The Hall–Kier alpha value is -4.15. The molecule has 0 amide bonds. The third-order valence-electron chi connectivity index (χ3n) is 12.5. The molecule has 9 nitrogen and oxygen atoms in total. The number of esters is 2. The number of fused-ring (bicyclic) bond motifs is 8. The second-order valence-corrected chi connectivity index (χ2v) is 16.1. The topological polar surface area (TPSA) is 131 Å². The monoisotopic (exact) mass is 783 g/mol. The Kier molecular flexibility index (Phi) is 14.4. The van der Waals surface area contributed by atoms with E-state index in [0.717, 1.165) is 80.8 Å². The van der Waals surface area contributed by atoms with Gasteiger partial charge in [0.25, 0.3) is 0 Å². The fourth-order valence-electron chi connectivity index (χ4n) is 9.10. The van der Waals surface area contributed by atoms with E-state index in [1.54, 1.807) is 0 Å². The molecule has 8 bridgehead atoms. The molecule has 0 aromatic carbocycles. The van der Waals surface area contributed by atoms with Crippen molar-refractivity contribution in [3.63, 3.8) is 0 Å². The van der Waals surface area contributed by atoms with E-state index < -0.39 is 17.9 Å². The average Bonchev–Trinajstić information content (AvgIpc) is 3.91. The van der Waals surface area contributed by atoms with Gasteiger partial charge in [0.2, 0.25) is 0 Å². The van der Waals surface area contributed by atoms with E-state index >= 15 is 0 Å². The van der Waals surface area contributed by atoms with Crippen LogP contribution in [-0.2, 0) is 25.5 Å². The number of nitrogens with one attached hydrogen (secondary N) is 1. The summed E-state index contributed by atoms with van der Waals surface area (Å²) >= 11 is 0. The summed E-state index contributed by atoms with van der Waals surface area (Å²) in [7, 11) is 1.33. The van der Waals surface area contributed by atoms with Crippen LogP contribution in [0.1, 0.15) is 124 Å². The summed E-state index contributed by atoms with van der Waals surface area (Å²) in [6.07, 6.45) is 17.3. The number of aliphatic hydroxyl groups is 1. The van der Waals surface area contributed by atoms with Crippen LogP contribution in [0.25, 0.3) is 41.0 Å². The number of nitrogens with zero attached hydrogens (tertiary/aromatic N) is 3. The summed E-state index contributed by atoms with van der Waals surface area (Å²) in [5.41, 5.74) is 9.97. The van der Waals surface area contributed by atoms with Gasteiger partial charge >= 0.3 is 35.0 Å². The van der Waals surface area contributed by atoms with E-state index in [-0.39, 0.29) is 59.6 Å². The molecule has 5 atom stereocenters. The number of carbonyl (C=O) groups excluding carboxylic acids is 2. The van der Waals surface area contributed by atoms with Crippen LogP contribution in [0, 0.1) is 44.4 Å². The minimum atomic E-state index is -1.06. The molecule has 1 fully saturated rings. The largest absolute Gasteiger partial charge is 2.00 e. The molecule has 6 rings (SSSR count). The van der Waals surface area contributed by atoms with Crippen molar-refractivity contribution < 1.29 is 24.2 Å². The first-order chi connectivity index (χ1) is 26.8. The molecule has 3 aromatic heterocycles. The van der Waals surface area contributed by atoms with Gasteiger partial charge in [0, 0.05) is 22.3 Å². The molecule has 300 valence electrons. The van der Waals surface area contributed by atoms with E-state index in [2.05, 4.69) is 59.2 Å². The van der Waals surface area contributed by atoms with E-state index in [1.807, 2.05) is 38.2 Å². The van der Waals surface area contributed by atoms with Crippen LogP contribution in [-0.4, -0.2) is 64.8 Å². The number of carbonyl (C=O) groups is 2. The van der Waals surface area contributed by atoms with Gasteiger partial charge in [-0.25, -0.2) is 0 Å². The first kappa shape index (κ1) is 44.0. The van der Waals surface area contributed by atoms with E-state index in [1.165, 1.54) is 31.9 Å². The standard InChI is InChI=1S/C47H59N4O5.Mg/c1-11-15-25(4)16-14-17-26(5)20-21-56-40(52)19-18-33-29(8)36-22-34-27(6)31(12-2)38(48-34)23-35-28(7)32(13-3)39(49-35)24-37-30(9)41-45(51-37)42(44(33)50-36)43(46(41)53)47(54)55-10;/h12,20,22-25,29,33,43-44,49,53H,2,11,13-19,21H2,1,3-10H3;/q-3;+2/b26-20-,35-23-,36-22-,39-24-;/t25-,29+,33+,43-,44?;/m1./s1. The van der Waals surface area contributed by atoms with Gasteiger partial charge in [-0.2, -0.15) is 5.70 Å². The molecule has 57 heavy (non-hydrogen) atoms. The second-order valence-electron chi connectivity index (χ2n) is 16.1. The molecular weight excluding hydrogens is 725 g/mol. The number of aromatic nitrogens is 3. The fourth-order valence-corrected chi connectivity index (χ4v) is 9.10. The fraction of sp³-hybridized carbons (Fsp3) is 0.489. The molecule has 1 unspecified atom stereocenters. The Labute approximate surface area is 353 Å². The summed E-state index contributed by atoms with van der Waals surface area (Å²) in [6.45, 7) is 21.3. The van der Waals surface area contributed by atoms with Crippen LogP contribution >= 0.6 is 0 Å². The molecular formula is C47H59MgN4O5-. The number of aromatic amines is 1. The van der Waals surface area contributed by atoms with Crippen molar-refractivity contribution in [1.29, 1.82) is 0 Å². The van der Waals surface area contributed by atoms with Crippen LogP contribution in [0.2, 0.25) is 0 Å². The summed E-state index contributed by atoms with van der Waals surface area (Å²) in [6, 6.07) is -0.561. The first-order valence-corrected chi connectivity index (χ1v) is 20.5. The molecule has 5 heterocycles. The van der Waals surface area contributed by atoms with Crippen LogP contribution < -0.4 is 31.2 Å². The summed E-state index contributed by atoms with van der Waals surface area (Å²) in [4.78, 5) is 40.7. The zero-order valence-corrected chi connectivity index (χ0v) is 36.9. The Balaban J connectivity index is 0.00000620. The number of aliphatic hydroxyl groups excluding tert-OH is 1. The van der Waals surface area contributed by atoms with Crippen molar-refractivity contribution >= 4 is 70.6 Å². The zero-order valence-electron chi connectivity index (χ0n) is 35.5. The molecule has 1 saturated heterocycles. The van der Waals surface area contributed by atoms with Gasteiger partial charge in [0.1, 0.15) is 18.3 Å². The van der Waals surface area contributed by atoms with Crippen molar-refractivity contribution in [3.05, 3.63) is 95.4 Å². The Morgan fingerprint density at radius 2 is 1.72 bits per heavy atom. The van der Waals surface area contributed by atoms with E-state index in [0.29, 0.717) is 28.3 Å². The summed E-state index contributed by atoms with van der Waals surface area (Å²) < 4.78 is 11.0. The minimum Gasteiger partial charge on any atom is -0.681 e. The summed E-state index contributed by atoms with van der Waals surface area (Å²) in [5, 5.41) is 20.2. The molecule has 0 spiro atoms. The maximum atomic E-state index is 13.6. The van der Waals surface area contributed by atoms with Crippen molar-refractivity contribution in [2.75, 3.05) is 13.7 Å². The Morgan fingerprint density at radius 3 is 2.40 bits per heavy atom. The molecule has 10 heteroatoms. The smallest absolute Gasteiger partial charge is 0.681 e. The number of allylic oxidation sites excluding steroid dienone is 2. The number of H-pyrrole nitrogens is 1. The van der Waals surface area contributed by atoms with E-state index in [4.69, 9.17) is 24.8 Å². The van der Waals surface area contributed by atoms with E-state index in [9.17, 15) is 14.7 Å². The molecule has 2 aliphatic heterocycles. The van der Waals surface area contributed by atoms with Gasteiger partial charge in [0.15, 0.2) is 0 Å². The number of rotatable bonds is 14. The summed E-state index contributed by atoms with van der Waals surface area (Å²) in [5.74, 6) is -1.57. The quantitative estimate of drug-likeness (QED) is 0.113. The molecule has 0 saturated carbocycles. The van der Waals surface area contributed by atoms with Gasteiger partial charge in [0.05, 0.1) is 7.11 Å². The predicted octanol–water partition coefficient (Wildman–Crippen LogP) is 6.20. The predicted molar refractivity (Wildman–Crippen MR) is 230 cm³/mol. The maximum Gasteiger partial charge on any atom is 2.00 e. The third kappa shape index (κ3) is 8.68. The molecule has 2 N–H and O–H groups in total. The van der Waals surface area contributed by atoms with Crippen LogP contribution in [0.5, 0.6) is 0 Å². The molecule has 0 radical (unpaired) electrons. The van der Waals surface area contributed by atoms with Gasteiger partial charge < -0.3 is 34.8 Å². The van der Waals surface area contributed by atoms with Gasteiger partial charge in [-0.1, -0.05) is 106 Å². The number of methoxy groups -OCH3 is 1. The minimum absolute atomic E-state index is 0. The van der Waals surface area contributed by atoms with Crippen molar-refractivity contribution in [1.82, 2.24) is 15.0 Å². The molecule has 3 aromatic rings.